The molecule has 1 fully saturated rings. The van der Waals surface area contributed by atoms with Crippen molar-refractivity contribution in [3.63, 3.8) is 0 Å². The Morgan fingerprint density at radius 3 is 2.58 bits per heavy atom. The molecule has 0 radical (unpaired) electrons. The van der Waals surface area contributed by atoms with E-state index in [2.05, 4.69) is 17.9 Å². The average Bonchev–Trinajstić information content (AvgIpc) is 2.38. The molecule has 0 bridgehead atoms. The van der Waals surface area contributed by atoms with Crippen molar-refractivity contribution in [2.45, 2.75) is 32.8 Å². The molecule has 0 amide bonds. The van der Waals surface area contributed by atoms with Gasteiger partial charge in [-0.25, -0.2) is 0 Å². The molecule has 1 aromatic carbocycles. The Labute approximate surface area is 120 Å². The smallest absolute Gasteiger partial charge is 0.106 e. The summed E-state index contributed by atoms with van der Waals surface area (Å²) in [5, 5.41) is 9.66. The predicted octanol–water partition coefficient (Wildman–Crippen LogP) is 2.23. The number of aryl methyl sites for hydroxylation is 1. The Morgan fingerprint density at radius 2 is 2.05 bits per heavy atom. The lowest BCUT2D eigenvalue weighted by Crippen LogP contribution is -2.38. The Morgan fingerprint density at radius 1 is 1.42 bits per heavy atom. The van der Waals surface area contributed by atoms with Crippen molar-refractivity contribution in [2.24, 2.45) is 11.7 Å². The minimum atomic E-state index is -0.213. The number of aliphatic hydroxyl groups excluding tert-OH is 1. The third-order valence-electron chi connectivity index (χ3n) is 3.98. The van der Waals surface area contributed by atoms with E-state index < -0.39 is 0 Å². The largest absolute Gasteiger partial charge is 0.393 e. The molecule has 1 heterocycles. The molecule has 1 saturated heterocycles. The third kappa shape index (κ3) is 3.25. The number of nitrogens with two attached hydrogens (primary N) is 1. The minimum Gasteiger partial charge on any atom is -0.393 e. The molecule has 19 heavy (non-hydrogen) atoms. The lowest BCUT2D eigenvalue weighted by molar-refractivity contribution is 0.110. The molecule has 1 aliphatic heterocycles. The van der Waals surface area contributed by atoms with Gasteiger partial charge in [-0.05, 0) is 50.3 Å². The zero-order valence-corrected chi connectivity index (χ0v) is 12.4. The number of nitrogens with zero attached hydrogens (tertiary/aromatic N) is 1. The van der Waals surface area contributed by atoms with Gasteiger partial charge in [0, 0.05) is 24.3 Å². The number of hydrogen-bond acceptors (Lipinski definition) is 3. The molecule has 1 aliphatic rings. The van der Waals surface area contributed by atoms with Crippen LogP contribution in [0.25, 0.3) is 0 Å². The Balaban J connectivity index is 2.19. The van der Waals surface area contributed by atoms with Crippen LogP contribution < -0.4 is 10.6 Å². The fraction of sp³-hybridized carbons (Fsp3) is 0.533. The number of benzene rings is 1. The zero-order chi connectivity index (χ0) is 14.0. The molecular formula is C15H22N2OS. The standard InChI is InChI=1S/C15H22N2OS/c1-10-3-4-13(15(16)19)14(9-10)17-7-5-12(6-8-17)11(2)18/h3-4,9,11-12,18H,5-8H2,1-2H3,(H2,16,19). The van der Waals surface area contributed by atoms with Gasteiger partial charge in [-0.15, -0.1) is 0 Å². The van der Waals surface area contributed by atoms with Crippen LogP contribution in [-0.2, 0) is 0 Å². The maximum atomic E-state index is 9.66. The van der Waals surface area contributed by atoms with Gasteiger partial charge in [-0.2, -0.15) is 0 Å². The van der Waals surface area contributed by atoms with E-state index in [1.165, 1.54) is 5.56 Å². The molecule has 3 nitrogen and oxygen atoms in total. The van der Waals surface area contributed by atoms with Gasteiger partial charge in [0.15, 0.2) is 0 Å². The van der Waals surface area contributed by atoms with E-state index >= 15 is 0 Å². The first-order valence-electron chi connectivity index (χ1n) is 6.82. The highest BCUT2D eigenvalue weighted by Crippen LogP contribution is 2.28. The van der Waals surface area contributed by atoms with Crippen LogP contribution in [0.15, 0.2) is 18.2 Å². The summed E-state index contributed by atoms with van der Waals surface area (Å²) in [7, 11) is 0. The van der Waals surface area contributed by atoms with Gasteiger partial charge >= 0.3 is 0 Å². The second-order valence-electron chi connectivity index (χ2n) is 5.45. The Hall–Kier alpha value is -1.13. The molecule has 4 heteroatoms. The van der Waals surface area contributed by atoms with Crippen LogP contribution in [0.2, 0.25) is 0 Å². The number of anilines is 1. The van der Waals surface area contributed by atoms with Crippen LogP contribution in [0.1, 0.15) is 30.9 Å². The van der Waals surface area contributed by atoms with Crippen LogP contribution in [0.5, 0.6) is 0 Å². The van der Waals surface area contributed by atoms with Crippen LogP contribution >= 0.6 is 12.2 Å². The Bertz CT molecular complexity index is 465. The maximum absolute atomic E-state index is 9.66. The van der Waals surface area contributed by atoms with Crippen molar-refractivity contribution in [1.29, 1.82) is 0 Å². The summed E-state index contributed by atoms with van der Waals surface area (Å²) in [4.78, 5) is 2.79. The van der Waals surface area contributed by atoms with Crippen LogP contribution in [-0.4, -0.2) is 29.3 Å². The van der Waals surface area contributed by atoms with Crippen LogP contribution in [0, 0.1) is 12.8 Å². The first-order valence-corrected chi connectivity index (χ1v) is 7.23. The third-order valence-corrected chi connectivity index (χ3v) is 4.20. The molecular weight excluding hydrogens is 256 g/mol. The summed E-state index contributed by atoms with van der Waals surface area (Å²) in [5.41, 5.74) is 9.12. The molecule has 1 atom stereocenters. The van der Waals surface area contributed by atoms with Crippen molar-refractivity contribution >= 4 is 22.9 Å². The highest BCUT2D eigenvalue weighted by Gasteiger charge is 2.24. The zero-order valence-electron chi connectivity index (χ0n) is 11.6. The summed E-state index contributed by atoms with van der Waals surface area (Å²) >= 11 is 5.14. The van der Waals surface area contributed by atoms with E-state index in [1.54, 1.807) is 0 Å². The molecule has 104 valence electrons. The quantitative estimate of drug-likeness (QED) is 0.833. The number of thiocarbonyl (C=S) groups is 1. The molecule has 2 rings (SSSR count). The minimum absolute atomic E-state index is 0.213. The predicted molar refractivity (Wildman–Crippen MR) is 83.7 cm³/mol. The van der Waals surface area contributed by atoms with Crippen molar-refractivity contribution in [1.82, 2.24) is 0 Å². The molecule has 1 unspecified atom stereocenters. The van der Waals surface area contributed by atoms with Gasteiger partial charge in [-0.3, -0.25) is 0 Å². The van der Waals surface area contributed by atoms with Gasteiger partial charge in [0.25, 0.3) is 0 Å². The normalized spacial score (nSPS) is 18.4. The topological polar surface area (TPSA) is 49.5 Å². The number of rotatable bonds is 3. The Kier molecular flexibility index (Phi) is 4.42. The first kappa shape index (κ1) is 14.3. The van der Waals surface area contributed by atoms with Crippen LogP contribution in [0.4, 0.5) is 5.69 Å². The lowest BCUT2D eigenvalue weighted by Gasteiger charge is -2.35. The van der Waals surface area contributed by atoms with E-state index in [0.717, 1.165) is 37.2 Å². The number of hydrogen-bond donors (Lipinski definition) is 2. The fourth-order valence-electron chi connectivity index (χ4n) is 2.73. The number of piperidine rings is 1. The van der Waals surface area contributed by atoms with Crippen molar-refractivity contribution in [3.8, 4) is 0 Å². The van der Waals surface area contributed by atoms with Crippen molar-refractivity contribution < 1.29 is 5.11 Å². The fourth-order valence-corrected chi connectivity index (χ4v) is 2.91. The molecule has 1 aromatic rings. The van der Waals surface area contributed by atoms with E-state index in [4.69, 9.17) is 18.0 Å². The van der Waals surface area contributed by atoms with E-state index in [0.29, 0.717) is 10.9 Å². The monoisotopic (exact) mass is 278 g/mol. The van der Waals surface area contributed by atoms with E-state index in [9.17, 15) is 5.11 Å². The SMILES string of the molecule is Cc1ccc(C(N)=S)c(N2CCC(C(C)O)CC2)c1. The first-order chi connectivity index (χ1) is 8.99. The molecule has 0 aromatic heterocycles. The number of aliphatic hydroxyl groups is 1. The summed E-state index contributed by atoms with van der Waals surface area (Å²) in [6.45, 7) is 5.87. The van der Waals surface area contributed by atoms with Crippen molar-refractivity contribution in [3.05, 3.63) is 29.3 Å². The highest BCUT2D eigenvalue weighted by atomic mass is 32.1. The van der Waals surface area contributed by atoms with Crippen molar-refractivity contribution in [2.75, 3.05) is 18.0 Å². The second kappa shape index (κ2) is 5.88. The summed E-state index contributed by atoms with van der Waals surface area (Å²) in [5.74, 6) is 0.411. The average molecular weight is 278 g/mol. The maximum Gasteiger partial charge on any atom is 0.106 e. The summed E-state index contributed by atoms with van der Waals surface area (Å²) in [6.07, 6.45) is 1.82. The van der Waals surface area contributed by atoms with Gasteiger partial charge in [0.2, 0.25) is 0 Å². The summed E-state index contributed by atoms with van der Waals surface area (Å²) < 4.78 is 0. The van der Waals surface area contributed by atoms with Gasteiger partial charge in [-0.1, -0.05) is 18.3 Å². The van der Waals surface area contributed by atoms with Gasteiger partial charge < -0.3 is 15.7 Å². The molecule has 0 saturated carbocycles. The van der Waals surface area contributed by atoms with Crippen LogP contribution in [0.3, 0.4) is 0 Å². The van der Waals surface area contributed by atoms with Gasteiger partial charge in [0.1, 0.15) is 4.99 Å². The van der Waals surface area contributed by atoms with E-state index in [-0.39, 0.29) is 6.10 Å². The van der Waals surface area contributed by atoms with Gasteiger partial charge in [0.05, 0.1) is 6.10 Å². The lowest BCUT2D eigenvalue weighted by atomic mass is 9.91. The highest BCUT2D eigenvalue weighted by molar-refractivity contribution is 7.80. The second-order valence-corrected chi connectivity index (χ2v) is 5.89. The molecule has 0 spiro atoms. The molecule has 3 N–H and O–H groups in total. The summed E-state index contributed by atoms with van der Waals surface area (Å²) in [6, 6.07) is 6.20. The molecule has 0 aliphatic carbocycles. The van der Waals surface area contributed by atoms with E-state index in [1.807, 2.05) is 19.1 Å².